The van der Waals surface area contributed by atoms with E-state index in [0.29, 0.717) is 0 Å². The second-order valence-electron chi connectivity index (χ2n) is 2.52. The van der Waals surface area contributed by atoms with Crippen LogP contribution in [0.15, 0.2) is 12.1 Å². The lowest BCUT2D eigenvalue weighted by Gasteiger charge is -2.03. The SMILES string of the molecule is CCc1[c]c(F)ccc1CC. The molecule has 1 rings (SSSR count). The summed E-state index contributed by atoms with van der Waals surface area (Å²) < 4.78 is 12.6. The Kier molecular flexibility index (Phi) is 2.64. The lowest BCUT2D eigenvalue weighted by Crippen LogP contribution is -1.91. The van der Waals surface area contributed by atoms with Gasteiger partial charge in [-0.25, -0.2) is 4.39 Å². The molecular weight excluding hydrogens is 139 g/mol. The maximum atomic E-state index is 12.6. The van der Waals surface area contributed by atoms with Gasteiger partial charge < -0.3 is 0 Å². The van der Waals surface area contributed by atoms with Crippen molar-refractivity contribution in [2.24, 2.45) is 0 Å². The van der Waals surface area contributed by atoms with E-state index in [1.54, 1.807) is 0 Å². The minimum absolute atomic E-state index is 0.251. The number of rotatable bonds is 2. The minimum Gasteiger partial charge on any atom is -0.206 e. The standard InChI is InChI=1S/C10H12F/c1-3-8-5-6-10(11)7-9(8)4-2/h5-6H,3-4H2,1-2H3. The summed E-state index contributed by atoms with van der Waals surface area (Å²) in [5, 5.41) is 0. The zero-order valence-electron chi connectivity index (χ0n) is 6.95. The lowest BCUT2D eigenvalue weighted by atomic mass is 10.0. The van der Waals surface area contributed by atoms with Crippen LogP contribution in [0.2, 0.25) is 0 Å². The number of halogens is 1. The van der Waals surface area contributed by atoms with Gasteiger partial charge in [0.1, 0.15) is 5.82 Å². The van der Waals surface area contributed by atoms with E-state index in [0.717, 1.165) is 18.4 Å². The molecule has 0 N–H and O–H groups in total. The maximum absolute atomic E-state index is 12.6. The van der Waals surface area contributed by atoms with Crippen molar-refractivity contribution in [2.75, 3.05) is 0 Å². The molecule has 1 aromatic rings. The molecule has 0 aromatic heterocycles. The molecule has 0 fully saturated rings. The normalized spacial score (nSPS) is 10.1. The fourth-order valence-corrected chi connectivity index (χ4v) is 1.19. The van der Waals surface area contributed by atoms with E-state index in [4.69, 9.17) is 0 Å². The fraction of sp³-hybridized carbons (Fsp3) is 0.400. The van der Waals surface area contributed by atoms with Crippen LogP contribution in [0, 0.1) is 11.9 Å². The smallest absolute Gasteiger partial charge is 0.131 e. The van der Waals surface area contributed by atoms with Gasteiger partial charge in [-0.2, -0.15) is 0 Å². The summed E-state index contributed by atoms with van der Waals surface area (Å²) in [6.45, 7) is 4.09. The van der Waals surface area contributed by atoms with Crippen molar-refractivity contribution in [1.82, 2.24) is 0 Å². The second-order valence-corrected chi connectivity index (χ2v) is 2.52. The van der Waals surface area contributed by atoms with Gasteiger partial charge in [-0.05, 0) is 30.0 Å². The molecule has 0 unspecified atom stereocenters. The molecule has 11 heavy (non-hydrogen) atoms. The summed E-state index contributed by atoms with van der Waals surface area (Å²) >= 11 is 0. The first-order valence-corrected chi connectivity index (χ1v) is 3.97. The van der Waals surface area contributed by atoms with Crippen LogP contribution in [0.4, 0.5) is 4.39 Å². The molecule has 0 atom stereocenters. The van der Waals surface area contributed by atoms with Gasteiger partial charge in [0.25, 0.3) is 0 Å². The molecule has 0 heterocycles. The summed E-state index contributed by atoms with van der Waals surface area (Å²) in [7, 11) is 0. The topological polar surface area (TPSA) is 0 Å². The van der Waals surface area contributed by atoms with Gasteiger partial charge in [0.15, 0.2) is 0 Å². The van der Waals surface area contributed by atoms with Crippen LogP contribution in [-0.4, -0.2) is 0 Å². The fourth-order valence-electron chi connectivity index (χ4n) is 1.19. The van der Waals surface area contributed by atoms with Gasteiger partial charge in [0.2, 0.25) is 0 Å². The summed E-state index contributed by atoms with van der Waals surface area (Å²) in [6, 6.07) is 6.02. The van der Waals surface area contributed by atoms with E-state index < -0.39 is 0 Å². The molecule has 0 aliphatic heterocycles. The van der Waals surface area contributed by atoms with E-state index in [2.05, 4.69) is 13.0 Å². The van der Waals surface area contributed by atoms with Gasteiger partial charge >= 0.3 is 0 Å². The van der Waals surface area contributed by atoms with Crippen LogP contribution in [0.3, 0.4) is 0 Å². The quantitative estimate of drug-likeness (QED) is 0.609. The van der Waals surface area contributed by atoms with Crippen molar-refractivity contribution in [2.45, 2.75) is 26.7 Å². The Balaban J connectivity index is 3.06. The van der Waals surface area contributed by atoms with E-state index in [-0.39, 0.29) is 5.82 Å². The maximum Gasteiger partial charge on any atom is 0.131 e. The third-order valence-electron chi connectivity index (χ3n) is 1.82. The highest BCUT2D eigenvalue weighted by molar-refractivity contribution is 5.26. The van der Waals surface area contributed by atoms with Crippen LogP contribution in [-0.2, 0) is 12.8 Å². The van der Waals surface area contributed by atoms with Crippen LogP contribution in [0.1, 0.15) is 25.0 Å². The molecule has 0 spiro atoms. The average Bonchev–Trinajstić information content (AvgIpc) is 2.04. The Hall–Kier alpha value is -0.850. The van der Waals surface area contributed by atoms with E-state index in [1.807, 2.05) is 13.0 Å². The number of hydrogen-bond acceptors (Lipinski definition) is 0. The minimum atomic E-state index is -0.251. The third-order valence-corrected chi connectivity index (χ3v) is 1.82. The van der Waals surface area contributed by atoms with Crippen LogP contribution < -0.4 is 0 Å². The van der Waals surface area contributed by atoms with Crippen LogP contribution in [0.25, 0.3) is 0 Å². The van der Waals surface area contributed by atoms with Crippen molar-refractivity contribution in [1.29, 1.82) is 0 Å². The highest BCUT2D eigenvalue weighted by Crippen LogP contribution is 2.11. The molecule has 0 bridgehead atoms. The molecule has 0 amide bonds. The van der Waals surface area contributed by atoms with Crippen molar-refractivity contribution >= 4 is 0 Å². The Morgan fingerprint density at radius 3 is 2.55 bits per heavy atom. The number of benzene rings is 1. The van der Waals surface area contributed by atoms with Crippen LogP contribution in [0.5, 0.6) is 0 Å². The molecule has 0 aliphatic rings. The Morgan fingerprint density at radius 2 is 2.00 bits per heavy atom. The van der Waals surface area contributed by atoms with E-state index >= 15 is 0 Å². The first-order chi connectivity index (χ1) is 5.27. The van der Waals surface area contributed by atoms with Crippen molar-refractivity contribution in [3.63, 3.8) is 0 Å². The summed E-state index contributed by atoms with van der Waals surface area (Å²) in [5.41, 5.74) is 2.21. The Labute approximate surface area is 67.1 Å². The Bertz CT molecular complexity index is 241. The lowest BCUT2D eigenvalue weighted by molar-refractivity contribution is 0.622. The number of aryl methyl sites for hydroxylation is 2. The average molecular weight is 151 g/mol. The second kappa shape index (κ2) is 3.51. The van der Waals surface area contributed by atoms with Gasteiger partial charge in [0.05, 0.1) is 0 Å². The zero-order chi connectivity index (χ0) is 8.27. The van der Waals surface area contributed by atoms with Crippen LogP contribution >= 0.6 is 0 Å². The van der Waals surface area contributed by atoms with Gasteiger partial charge in [-0.1, -0.05) is 19.9 Å². The van der Waals surface area contributed by atoms with Crippen molar-refractivity contribution in [3.05, 3.63) is 35.1 Å². The van der Waals surface area contributed by atoms with E-state index in [9.17, 15) is 4.39 Å². The summed E-state index contributed by atoms with van der Waals surface area (Å²) in [6.07, 6.45) is 1.82. The van der Waals surface area contributed by atoms with Crippen molar-refractivity contribution < 1.29 is 4.39 Å². The molecule has 1 aromatic carbocycles. The zero-order valence-corrected chi connectivity index (χ0v) is 6.95. The van der Waals surface area contributed by atoms with Gasteiger partial charge in [0, 0.05) is 6.07 Å². The third kappa shape index (κ3) is 1.79. The predicted molar refractivity (Wildman–Crippen MR) is 44.0 cm³/mol. The molecule has 59 valence electrons. The summed E-state index contributed by atoms with van der Waals surface area (Å²) in [4.78, 5) is 0. The van der Waals surface area contributed by atoms with Gasteiger partial charge in [-0.15, -0.1) is 0 Å². The molecule has 0 aliphatic carbocycles. The Morgan fingerprint density at radius 1 is 1.27 bits per heavy atom. The molecule has 1 radical (unpaired) electrons. The number of hydrogen-bond donors (Lipinski definition) is 0. The molecule has 1 heteroatoms. The molecule has 0 saturated heterocycles. The monoisotopic (exact) mass is 151 g/mol. The highest BCUT2D eigenvalue weighted by atomic mass is 19.1. The predicted octanol–water partition coefficient (Wildman–Crippen LogP) is 2.75. The highest BCUT2D eigenvalue weighted by Gasteiger charge is 1.99. The summed E-state index contributed by atoms with van der Waals surface area (Å²) in [5.74, 6) is -0.251. The van der Waals surface area contributed by atoms with Gasteiger partial charge in [-0.3, -0.25) is 0 Å². The first kappa shape index (κ1) is 8.25. The largest absolute Gasteiger partial charge is 0.206 e. The molecular formula is C10H12F. The van der Waals surface area contributed by atoms with Crippen molar-refractivity contribution in [3.8, 4) is 0 Å². The van der Waals surface area contributed by atoms with E-state index in [1.165, 1.54) is 11.6 Å². The molecule has 0 nitrogen and oxygen atoms in total. The molecule has 0 saturated carbocycles. The first-order valence-electron chi connectivity index (χ1n) is 3.97.